The van der Waals surface area contributed by atoms with Gasteiger partial charge in [-0.1, -0.05) is 48.5 Å². The van der Waals surface area contributed by atoms with Crippen LogP contribution in [0.4, 0.5) is 0 Å². The van der Waals surface area contributed by atoms with Crippen LogP contribution in [0.15, 0.2) is 60.7 Å². The molecule has 0 spiro atoms. The third-order valence-electron chi connectivity index (χ3n) is 5.32. The van der Waals surface area contributed by atoms with Gasteiger partial charge in [-0.15, -0.1) is 0 Å². The van der Waals surface area contributed by atoms with Gasteiger partial charge in [0.1, 0.15) is 0 Å². The number of hydrogen-bond acceptors (Lipinski definition) is 7. The smallest absolute Gasteiger partial charge is 0.331 e. The summed E-state index contributed by atoms with van der Waals surface area (Å²) in [6.07, 6.45) is 0. The molecule has 1 atom stereocenters. The van der Waals surface area contributed by atoms with Gasteiger partial charge >= 0.3 is 5.97 Å². The van der Waals surface area contributed by atoms with Gasteiger partial charge in [-0.2, -0.15) is 4.31 Å². The summed E-state index contributed by atoms with van der Waals surface area (Å²) in [5, 5.41) is 11.8. The monoisotopic (exact) mass is 489 g/mol. The predicted molar refractivity (Wildman–Crippen MR) is 123 cm³/mol. The second kappa shape index (κ2) is 11.7. The number of nitrogens with zero attached hydrogens (tertiary/aromatic N) is 2. The molecular weight excluding hydrogens is 462 g/mol. The Bertz CT molecular complexity index is 1090. The maximum Gasteiger partial charge on any atom is 0.331 e. The van der Waals surface area contributed by atoms with Gasteiger partial charge in [-0.3, -0.25) is 9.59 Å². The van der Waals surface area contributed by atoms with Crippen LogP contribution in [0.1, 0.15) is 15.9 Å². The third-order valence-corrected chi connectivity index (χ3v) is 7.17. The quantitative estimate of drug-likeness (QED) is 0.474. The molecule has 1 aliphatic rings. The van der Waals surface area contributed by atoms with Gasteiger partial charge in [0.15, 0.2) is 12.6 Å². The van der Waals surface area contributed by atoms with Crippen molar-refractivity contribution in [2.45, 2.75) is 11.8 Å². The van der Waals surface area contributed by atoms with Crippen LogP contribution < -0.4 is 5.32 Å². The number of rotatable bonds is 9. The molecule has 1 heterocycles. The number of nitrogens with one attached hydrogen (secondary N) is 1. The molecule has 182 valence electrons. The second-order valence-corrected chi connectivity index (χ2v) is 9.67. The van der Waals surface area contributed by atoms with Crippen LogP contribution in [0.3, 0.4) is 0 Å². The van der Waals surface area contributed by atoms with Crippen LogP contribution in [-0.2, 0) is 30.1 Å². The summed E-state index contributed by atoms with van der Waals surface area (Å²) >= 11 is 0. The largest absolute Gasteiger partial charge is 0.454 e. The topological polar surface area (TPSA) is 133 Å². The van der Waals surface area contributed by atoms with E-state index in [1.807, 2.05) is 6.07 Å². The van der Waals surface area contributed by atoms with Crippen LogP contribution in [0, 0.1) is 0 Å². The van der Waals surface area contributed by atoms with Gasteiger partial charge in [0.2, 0.25) is 10.0 Å². The maximum atomic E-state index is 12.6. The number of hydrogen-bond donors (Lipinski definition) is 2. The summed E-state index contributed by atoms with van der Waals surface area (Å²) in [5.41, 5.74) is 0.996. The van der Waals surface area contributed by atoms with Crippen molar-refractivity contribution in [3.8, 4) is 0 Å². The van der Waals surface area contributed by atoms with Gasteiger partial charge in [0, 0.05) is 31.7 Å². The van der Waals surface area contributed by atoms with Crippen molar-refractivity contribution in [2.24, 2.45) is 0 Å². The highest BCUT2D eigenvalue weighted by atomic mass is 32.2. The number of ether oxygens (including phenoxy) is 1. The zero-order valence-corrected chi connectivity index (χ0v) is 19.3. The van der Waals surface area contributed by atoms with Gasteiger partial charge < -0.3 is 20.1 Å². The molecule has 2 aromatic carbocycles. The van der Waals surface area contributed by atoms with Crippen LogP contribution >= 0.6 is 0 Å². The first-order valence-corrected chi connectivity index (χ1v) is 12.3. The highest BCUT2D eigenvalue weighted by molar-refractivity contribution is 7.88. The van der Waals surface area contributed by atoms with E-state index in [-0.39, 0.29) is 31.9 Å². The van der Waals surface area contributed by atoms with Crippen molar-refractivity contribution in [2.75, 3.05) is 39.4 Å². The summed E-state index contributed by atoms with van der Waals surface area (Å²) in [5.74, 6) is -2.10. The average Bonchev–Trinajstić information content (AvgIpc) is 2.86. The number of carbonyl (C=O) groups excluding carboxylic acids is 3. The third kappa shape index (κ3) is 6.86. The molecule has 2 aromatic rings. The van der Waals surface area contributed by atoms with E-state index in [1.165, 1.54) is 9.21 Å². The Kier molecular flexibility index (Phi) is 8.74. The van der Waals surface area contributed by atoms with E-state index in [1.54, 1.807) is 54.6 Å². The number of sulfonamides is 1. The molecule has 0 aromatic heterocycles. The highest BCUT2D eigenvalue weighted by Crippen LogP contribution is 2.14. The first-order chi connectivity index (χ1) is 16.3. The highest BCUT2D eigenvalue weighted by Gasteiger charge is 2.30. The molecule has 0 radical (unpaired) electrons. The van der Waals surface area contributed by atoms with Gasteiger partial charge in [-0.05, 0) is 17.7 Å². The average molecular weight is 490 g/mol. The van der Waals surface area contributed by atoms with Crippen LogP contribution in [0.2, 0.25) is 0 Å². The number of benzene rings is 2. The summed E-state index contributed by atoms with van der Waals surface area (Å²) in [6.45, 7) is -0.656. The minimum absolute atomic E-state index is 0.114. The summed E-state index contributed by atoms with van der Waals surface area (Å²) in [6, 6.07) is 15.7. The minimum atomic E-state index is -3.52. The van der Waals surface area contributed by atoms with E-state index in [0.717, 1.165) is 0 Å². The molecular formula is C23H27N3O7S. The van der Waals surface area contributed by atoms with Gasteiger partial charge in [0.25, 0.3) is 11.8 Å². The first-order valence-electron chi connectivity index (χ1n) is 10.7. The normalized spacial score (nSPS) is 15.4. The van der Waals surface area contributed by atoms with Crippen molar-refractivity contribution in [3.05, 3.63) is 71.8 Å². The number of piperazine rings is 1. The molecule has 10 nitrogen and oxygen atoms in total. The fourth-order valence-electron chi connectivity index (χ4n) is 3.43. The van der Waals surface area contributed by atoms with Crippen molar-refractivity contribution in [3.63, 3.8) is 0 Å². The fourth-order valence-corrected chi connectivity index (χ4v) is 4.94. The Morgan fingerprint density at radius 2 is 1.53 bits per heavy atom. The second-order valence-electron chi connectivity index (χ2n) is 7.70. The van der Waals surface area contributed by atoms with E-state index < -0.39 is 47.1 Å². The molecule has 0 aliphatic carbocycles. The van der Waals surface area contributed by atoms with E-state index in [4.69, 9.17) is 4.74 Å². The van der Waals surface area contributed by atoms with Crippen LogP contribution in [-0.4, -0.2) is 85.9 Å². The zero-order valence-electron chi connectivity index (χ0n) is 18.5. The summed E-state index contributed by atoms with van der Waals surface area (Å²) in [7, 11) is -3.52. The van der Waals surface area contributed by atoms with E-state index in [0.29, 0.717) is 11.1 Å². The zero-order chi connectivity index (χ0) is 24.6. The van der Waals surface area contributed by atoms with E-state index in [9.17, 15) is 27.9 Å². The molecule has 1 unspecified atom stereocenters. The SMILES string of the molecule is O=C(NC(CO)C(=O)OCC(=O)N1CCN(S(=O)(=O)Cc2ccccc2)CC1)c1ccccc1. The Hall–Kier alpha value is -3.28. The fraction of sp³-hybridized carbons (Fsp3) is 0.348. The van der Waals surface area contributed by atoms with Crippen molar-refractivity contribution in [1.29, 1.82) is 0 Å². The lowest BCUT2D eigenvalue weighted by Gasteiger charge is -2.34. The molecule has 1 fully saturated rings. The minimum Gasteiger partial charge on any atom is -0.454 e. The molecule has 34 heavy (non-hydrogen) atoms. The number of aliphatic hydroxyl groups excluding tert-OH is 1. The molecule has 1 aliphatic heterocycles. The van der Waals surface area contributed by atoms with Gasteiger partial charge in [-0.25, -0.2) is 13.2 Å². The standard InChI is InChI=1S/C23H27N3O7S/c27-15-20(24-22(29)19-9-5-2-6-10-19)23(30)33-16-21(28)25-11-13-26(14-12-25)34(31,32)17-18-7-3-1-4-8-18/h1-10,20,27H,11-17H2,(H,24,29). The van der Waals surface area contributed by atoms with Gasteiger partial charge in [0.05, 0.1) is 12.4 Å². The van der Waals surface area contributed by atoms with Crippen molar-refractivity contribution >= 4 is 27.8 Å². The number of amides is 2. The summed E-state index contributed by atoms with van der Waals surface area (Å²) in [4.78, 5) is 38.3. The Morgan fingerprint density at radius 3 is 2.12 bits per heavy atom. The lowest BCUT2D eigenvalue weighted by Crippen LogP contribution is -2.52. The Balaban J connectivity index is 1.45. The van der Waals surface area contributed by atoms with Crippen LogP contribution in [0.25, 0.3) is 0 Å². The molecule has 2 amide bonds. The molecule has 11 heteroatoms. The molecule has 0 bridgehead atoms. The molecule has 3 rings (SSSR count). The van der Waals surface area contributed by atoms with Crippen LogP contribution in [0.5, 0.6) is 0 Å². The van der Waals surface area contributed by atoms with Crippen molar-refractivity contribution < 1.29 is 32.6 Å². The Labute approximate surface area is 198 Å². The van der Waals surface area contributed by atoms with Crippen molar-refractivity contribution in [1.82, 2.24) is 14.5 Å². The molecule has 2 N–H and O–H groups in total. The number of carbonyl (C=O) groups is 3. The Morgan fingerprint density at radius 1 is 0.941 bits per heavy atom. The predicted octanol–water partition coefficient (Wildman–Crippen LogP) is -0.00530. The maximum absolute atomic E-state index is 12.6. The van der Waals surface area contributed by atoms with E-state index >= 15 is 0 Å². The van der Waals surface area contributed by atoms with E-state index in [2.05, 4.69) is 5.32 Å². The lowest BCUT2D eigenvalue weighted by atomic mass is 10.2. The lowest BCUT2D eigenvalue weighted by molar-refractivity contribution is -0.154. The summed E-state index contributed by atoms with van der Waals surface area (Å²) < 4.78 is 31.6. The molecule has 1 saturated heterocycles. The number of aliphatic hydroxyl groups is 1. The molecule has 0 saturated carbocycles. The number of esters is 1. The first kappa shape index (κ1) is 25.3.